The molecule has 2 aromatic heterocycles. The average molecular weight is 555 g/mol. The number of hydrogen-bond donors (Lipinski definition) is 0. The van der Waals surface area contributed by atoms with Gasteiger partial charge >= 0.3 is 149 Å². The molecule has 1 aliphatic rings. The minimum Gasteiger partial charge on any atom is -0.238 e. The summed E-state index contributed by atoms with van der Waals surface area (Å²) >= 11 is -2.01. The molecule has 0 atom stereocenters. The van der Waals surface area contributed by atoms with Crippen LogP contribution in [0.5, 0.6) is 0 Å². The Kier molecular flexibility index (Phi) is 6.78. The van der Waals surface area contributed by atoms with E-state index in [1.165, 1.54) is 5.69 Å². The third-order valence-corrected chi connectivity index (χ3v) is 12.0. The summed E-state index contributed by atoms with van der Waals surface area (Å²) in [7, 11) is 0. The number of ether oxygens (including phenoxy) is 1. The van der Waals surface area contributed by atoms with Crippen LogP contribution in [0.1, 0.15) is 26.3 Å². The molecule has 1 saturated heterocycles. The Labute approximate surface area is 201 Å². The summed E-state index contributed by atoms with van der Waals surface area (Å²) in [5.74, 6) is 0. The second-order valence-electron chi connectivity index (χ2n) is 10.9. The fourth-order valence-electron chi connectivity index (χ4n) is 4.28. The van der Waals surface area contributed by atoms with Gasteiger partial charge in [-0.05, 0) is 26.8 Å². The predicted molar refractivity (Wildman–Crippen MR) is 138 cm³/mol. The van der Waals surface area contributed by atoms with Crippen molar-refractivity contribution < 1.29 is 9.53 Å². The van der Waals surface area contributed by atoms with Crippen LogP contribution < -0.4 is 8.48 Å². The zero-order valence-electron chi connectivity index (χ0n) is 20.8. The van der Waals surface area contributed by atoms with Crippen molar-refractivity contribution in [1.29, 1.82) is 0 Å². The van der Waals surface area contributed by atoms with E-state index in [9.17, 15) is 4.79 Å². The third kappa shape index (κ3) is 5.72. The predicted octanol–water partition coefficient (Wildman–Crippen LogP) is 4.69. The normalized spacial score (nSPS) is 15.8. The zero-order valence-corrected chi connectivity index (χ0v) is 23.6. The number of carbonyl (C=O) groups is 1. The molecule has 0 unspecified atom stereocenters. The van der Waals surface area contributed by atoms with Crippen molar-refractivity contribution in [2.45, 2.75) is 47.7 Å². The van der Waals surface area contributed by atoms with E-state index in [1.54, 1.807) is 14.3 Å². The topological polar surface area (TPSA) is 50.6 Å². The molecule has 3 aromatic rings. The summed E-state index contributed by atoms with van der Waals surface area (Å²) in [6, 6.07) is 13.2. The Hall–Kier alpha value is -2.06. The molecule has 0 aliphatic carbocycles. The van der Waals surface area contributed by atoms with Gasteiger partial charge in [0.25, 0.3) is 0 Å². The van der Waals surface area contributed by atoms with Gasteiger partial charge in [0.1, 0.15) is 5.60 Å². The van der Waals surface area contributed by atoms with Crippen molar-refractivity contribution in [1.82, 2.24) is 14.5 Å². The minimum absolute atomic E-state index is 0.384. The maximum atomic E-state index is 12.7. The second-order valence-corrected chi connectivity index (χ2v) is 25.4. The maximum absolute atomic E-state index is 12.7. The monoisotopic (exact) mass is 556 g/mol. The van der Waals surface area contributed by atoms with Crippen LogP contribution in [-0.4, -0.2) is 70.7 Å². The van der Waals surface area contributed by atoms with Gasteiger partial charge in [-0.3, -0.25) is 0 Å². The van der Waals surface area contributed by atoms with Gasteiger partial charge in [0.2, 0.25) is 0 Å². The Morgan fingerprint density at radius 3 is 2.30 bits per heavy atom. The Bertz CT molecular complexity index is 1120. The van der Waals surface area contributed by atoms with Crippen molar-refractivity contribution in [3.63, 3.8) is 0 Å². The van der Waals surface area contributed by atoms with Crippen LogP contribution in [0.15, 0.2) is 48.8 Å². The first-order valence-corrected chi connectivity index (χ1v) is 21.8. The van der Waals surface area contributed by atoms with Crippen LogP contribution in [0.4, 0.5) is 10.5 Å². The molecule has 7 heteroatoms. The number of carbonyl (C=O) groups excluding carboxylic acids is 1. The Balaban J connectivity index is 1.44. The molecule has 0 N–H and O–H groups in total. The van der Waals surface area contributed by atoms with E-state index in [0.29, 0.717) is 5.65 Å². The number of rotatable bonds is 4. The molecule has 0 radical (unpaired) electrons. The number of benzene rings is 1. The van der Waals surface area contributed by atoms with E-state index < -0.39 is 24.0 Å². The van der Waals surface area contributed by atoms with Gasteiger partial charge < -0.3 is 4.74 Å². The fraction of sp³-hybridized carbons (Fsp3) is 0.462. The number of aromatic nitrogens is 2. The molecular weight excluding hydrogens is 519 g/mol. The first kappa shape index (κ1) is 24.1. The van der Waals surface area contributed by atoms with E-state index >= 15 is 0 Å². The third-order valence-electron chi connectivity index (χ3n) is 6.10. The molecule has 0 bridgehead atoms. The zero-order chi connectivity index (χ0) is 23.8. The van der Waals surface area contributed by atoms with Gasteiger partial charge in [-0.2, -0.15) is 0 Å². The molecule has 176 valence electrons. The molecule has 6 nitrogen and oxygen atoms in total. The van der Waals surface area contributed by atoms with Crippen molar-refractivity contribution in [2.24, 2.45) is 0 Å². The van der Waals surface area contributed by atoms with E-state index in [1.807, 2.05) is 39.1 Å². The van der Waals surface area contributed by atoms with Crippen LogP contribution in [-0.2, 0) is 11.3 Å². The average Bonchev–Trinajstić information content (AvgIpc) is 3.11. The van der Waals surface area contributed by atoms with Gasteiger partial charge in [0, 0.05) is 6.20 Å². The van der Waals surface area contributed by atoms with Gasteiger partial charge in [0.05, 0.1) is 0 Å². The number of piperazine rings is 1. The van der Waals surface area contributed by atoms with Crippen molar-refractivity contribution in [3.05, 3.63) is 54.4 Å². The van der Waals surface area contributed by atoms with Gasteiger partial charge in [-0.15, -0.1) is 0 Å². The molecule has 1 fully saturated rings. The minimum atomic E-state index is -2.01. The number of pyridine rings is 1. The van der Waals surface area contributed by atoms with Crippen molar-refractivity contribution in [2.75, 3.05) is 31.1 Å². The molecule has 33 heavy (non-hydrogen) atoms. The van der Waals surface area contributed by atoms with Gasteiger partial charge in [0.15, 0.2) is 0 Å². The van der Waals surface area contributed by atoms with Crippen LogP contribution in [0.25, 0.3) is 11.0 Å². The van der Waals surface area contributed by atoms with E-state index in [0.717, 1.165) is 43.7 Å². The SMILES string of the molecule is CC(C)(C)OC(=O)n1cc(CN2CCN(c3cc[c]([Sn]([CH3])([CH3])[CH3])cc3)CC2)c2cccnc21. The molecule has 0 amide bonds. The van der Waals surface area contributed by atoms with Crippen LogP contribution in [0.2, 0.25) is 14.8 Å². The van der Waals surface area contributed by atoms with Crippen molar-refractivity contribution >= 4 is 44.8 Å². The summed E-state index contributed by atoms with van der Waals surface area (Å²) in [5, 5.41) is 1.01. The van der Waals surface area contributed by atoms with Gasteiger partial charge in [-0.1, -0.05) is 0 Å². The standard InChI is InChI=1S/C23H27N4O2.3CH3.Sn/c1-23(2,3)29-22(28)27-17-18(20-10-7-11-24-21(20)27)16-25-12-14-26(15-13-25)19-8-5-4-6-9-19;;;;/h5-11,17H,12-16H2,1-3H3;3*1H3;. The summed E-state index contributed by atoms with van der Waals surface area (Å²) in [6.07, 6.45) is 3.24. The Morgan fingerprint density at radius 1 is 1.03 bits per heavy atom. The first-order chi connectivity index (χ1) is 15.5. The first-order valence-electron chi connectivity index (χ1n) is 11.8. The van der Waals surface area contributed by atoms with Crippen molar-refractivity contribution in [3.8, 4) is 0 Å². The summed E-state index contributed by atoms with van der Waals surface area (Å²) < 4.78 is 8.72. The quantitative estimate of drug-likeness (QED) is 0.438. The second kappa shape index (κ2) is 9.29. The number of nitrogens with zero attached hydrogens (tertiary/aromatic N) is 4. The van der Waals surface area contributed by atoms with E-state index in [4.69, 9.17) is 4.74 Å². The van der Waals surface area contributed by atoms with E-state index in [-0.39, 0.29) is 6.09 Å². The summed E-state index contributed by atoms with van der Waals surface area (Å²) in [5.41, 5.74) is 2.54. The Morgan fingerprint density at radius 2 is 1.70 bits per heavy atom. The number of fused-ring (bicyclic) bond motifs is 1. The van der Waals surface area contributed by atoms with E-state index in [2.05, 4.69) is 53.9 Å². The van der Waals surface area contributed by atoms with Crippen LogP contribution >= 0.6 is 0 Å². The smallest absolute Gasteiger partial charge is 0.238 e. The molecule has 0 saturated carbocycles. The van der Waals surface area contributed by atoms with Crippen LogP contribution in [0, 0.1) is 0 Å². The molecule has 1 aliphatic heterocycles. The molecular formula is C26H36N4O2Sn. The molecule has 0 spiro atoms. The van der Waals surface area contributed by atoms with Gasteiger partial charge in [-0.25, -0.2) is 9.78 Å². The molecule has 4 rings (SSSR count). The molecule has 1 aromatic carbocycles. The summed E-state index contributed by atoms with van der Waals surface area (Å²) in [4.78, 5) is 29.5. The number of hydrogen-bond acceptors (Lipinski definition) is 5. The summed E-state index contributed by atoms with van der Waals surface area (Å²) in [6.45, 7) is 10.4. The number of anilines is 1. The molecule has 3 heterocycles. The fourth-order valence-corrected chi connectivity index (χ4v) is 7.61. The van der Waals surface area contributed by atoms with Crippen LogP contribution in [0.3, 0.4) is 0 Å².